The lowest BCUT2D eigenvalue weighted by Gasteiger charge is -2.13. The van der Waals surface area contributed by atoms with Gasteiger partial charge in [0.25, 0.3) is 0 Å². The summed E-state index contributed by atoms with van der Waals surface area (Å²) in [5.41, 5.74) is 0.774. The third-order valence-electron chi connectivity index (χ3n) is 2.50. The molecule has 1 amide bonds. The van der Waals surface area contributed by atoms with Crippen LogP contribution >= 0.6 is 0 Å². The molecular weight excluding hydrogens is 284 g/mol. The predicted octanol–water partition coefficient (Wildman–Crippen LogP) is 0.705. The minimum atomic E-state index is -3.98. The first-order valence-corrected chi connectivity index (χ1v) is 7.25. The van der Waals surface area contributed by atoms with Crippen LogP contribution in [0.3, 0.4) is 0 Å². The van der Waals surface area contributed by atoms with Crippen molar-refractivity contribution in [2.24, 2.45) is 0 Å². The van der Waals surface area contributed by atoms with Crippen molar-refractivity contribution in [2.75, 3.05) is 5.32 Å². The van der Waals surface area contributed by atoms with Gasteiger partial charge in [0.05, 0.1) is 4.90 Å². The summed E-state index contributed by atoms with van der Waals surface area (Å²) in [4.78, 5) is 21.6. The third-order valence-corrected chi connectivity index (χ3v) is 4.18. The lowest BCUT2D eigenvalue weighted by molar-refractivity contribution is -0.138. The molecule has 0 unspecified atom stereocenters. The van der Waals surface area contributed by atoms with Gasteiger partial charge in [0.2, 0.25) is 15.9 Å². The standard InChI is InChI=1S/C12H16N2O5S/c1-7-4-5-10(13-9(3)15)6-11(7)20(18,19)14-8(2)12(16)17/h4-6,8,14H,1-3H3,(H,13,15)(H,16,17)/t8-/m1/s1. The van der Waals surface area contributed by atoms with Crippen LogP contribution < -0.4 is 10.0 Å². The van der Waals surface area contributed by atoms with Gasteiger partial charge in [0, 0.05) is 12.6 Å². The molecule has 1 rings (SSSR count). The van der Waals surface area contributed by atoms with Gasteiger partial charge in [0.15, 0.2) is 0 Å². The minimum Gasteiger partial charge on any atom is -0.480 e. The highest BCUT2D eigenvalue weighted by Crippen LogP contribution is 2.20. The van der Waals surface area contributed by atoms with Gasteiger partial charge in [-0.1, -0.05) is 6.07 Å². The zero-order chi connectivity index (χ0) is 15.5. The fourth-order valence-corrected chi connectivity index (χ4v) is 2.98. The van der Waals surface area contributed by atoms with E-state index in [1.54, 1.807) is 13.0 Å². The molecule has 1 aromatic rings. The Balaban J connectivity index is 3.16. The van der Waals surface area contributed by atoms with E-state index in [4.69, 9.17) is 5.11 Å². The lowest BCUT2D eigenvalue weighted by Crippen LogP contribution is -2.38. The normalized spacial score (nSPS) is 12.8. The number of hydrogen-bond acceptors (Lipinski definition) is 4. The van der Waals surface area contributed by atoms with Crippen molar-refractivity contribution >= 4 is 27.6 Å². The molecule has 3 N–H and O–H groups in total. The maximum atomic E-state index is 12.1. The number of carboxylic acids is 1. The lowest BCUT2D eigenvalue weighted by atomic mass is 10.2. The first kappa shape index (κ1) is 16.1. The first-order chi connectivity index (χ1) is 9.13. The number of nitrogens with one attached hydrogen (secondary N) is 2. The Hall–Kier alpha value is -1.93. The molecule has 0 radical (unpaired) electrons. The predicted molar refractivity (Wildman–Crippen MR) is 72.9 cm³/mol. The Morgan fingerprint density at radius 3 is 2.40 bits per heavy atom. The molecule has 7 nitrogen and oxygen atoms in total. The molecule has 0 aliphatic heterocycles. The van der Waals surface area contributed by atoms with Crippen LogP contribution in [0.1, 0.15) is 19.4 Å². The molecule has 8 heteroatoms. The number of aliphatic carboxylic acids is 1. The number of sulfonamides is 1. The molecule has 110 valence electrons. The van der Waals surface area contributed by atoms with Crippen molar-refractivity contribution < 1.29 is 23.1 Å². The van der Waals surface area contributed by atoms with Crippen molar-refractivity contribution in [1.82, 2.24) is 4.72 Å². The number of rotatable bonds is 5. The van der Waals surface area contributed by atoms with E-state index < -0.39 is 22.0 Å². The van der Waals surface area contributed by atoms with E-state index in [-0.39, 0.29) is 10.8 Å². The second-order valence-corrected chi connectivity index (χ2v) is 6.03. The molecular formula is C12H16N2O5S. The van der Waals surface area contributed by atoms with Gasteiger partial charge in [-0.2, -0.15) is 4.72 Å². The van der Waals surface area contributed by atoms with Crippen molar-refractivity contribution in [3.8, 4) is 0 Å². The Morgan fingerprint density at radius 2 is 1.90 bits per heavy atom. The van der Waals surface area contributed by atoms with E-state index in [0.717, 1.165) is 0 Å². The average Bonchev–Trinajstić information content (AvgIpc) is 2.30. The topological polar surface area (TPSA) is 113 Å². The number of benzene rings is 1. The Labute approximate surface area is 117 Å². The molecule has 0 aromatic heterocycles. The largest absolute Gasteiger partial charge is 0.480 e. The Kier molecular flexibility index (Phi) is 4.85. The Bertz CT molecular complexity index is 639. The number of anilines is 1. The molecule has 1 atom stereocenters. The van der Waals surface area contributed by atoms with Crippen molar-refractivity contribution in [3.05, 3.63) is 23.8 Å². The zero-order valence-corrected chi connectivity index (χ0v) is 12.1. The molecule has 0 bridgehead atoms. The molecule has 0 spiro atoms. The van der Waals surface area contributed by atoms with E-state index in [0.29, 0.717) is 11.3 Å². The van der Waals surface area contributed by atoms with E-state index >= 15 is 0 Å². The van der Waals surface area contributed by atoms with Gasteiger partial charge in [-0.05, 0) is 31.5 Å². The van der Waals surface area contributed by atoms with E-state index in [1.807, 2.05) is 0 Å². The summed E-state index contributed by atoms with van der Waals surface area (Å²) >= 11 is 0. The van der Waals surface area contributed by atoms with Crippen LogP contribution in [-0.2, 0) is 19.6 Å². The fraction of sp³-hybridized carbons (Fsp3) is 0.333. The molecule has 1 aromatic carbocycles. The number of hydrogen-bond donors (Lipinski definition) is 3. The van der Waals surface area contributed by atoms with Gasteiger partial charge >= 0.3 is 5.97 Å². The highest BCUT2D eigenvalue weighted by atomic mass is 32.2. The summed E-state index contributed by atoms with van der Waals surface area (Å²) in [5, 5.41) is 11.2. The second-order valence-electron chi connectivity index (χ2n) is 4.34. The zero-order valence-electron chi connectivity index (χ0n) is 11.3. The van der Waals surface area contributed by atoms with Gasteiger partial charge in [0.1, 0.15) is 6.04 Å². The molecule has 20 heavy (non-hydrogen) atoms. The van der Waals surface area contributed by atoms with Gasteiger partial charge < -0.3 is 10.4 Å². The van der Waals surface area contributed by atoms with Crippen LogP contribution in [0.15, 0.2) is 23.1 Å². The first-order valence-electron chi connectivity index (χ1n) is 5.77. The minimum absolute atomic E-state index is 0.0724. The number of aryl methyl sites for hydroxylation is 1. The second kappa shape index (κ2) is 6.02. The summed E-state index contributed by atoms with van der Waals surface area (Å²) in [7, 11) is -3.98. The molecule has 0 saturated heterocycles. The van der Waals surface area contributed by atoms with E-state index in [1.165, 1.54) is 26.0 Å². The van der Waals surface area contributed by atoms with Gasteiger partial charge in [-0.3, -0.25) is 9.59 Å². The van der Waals surface area contributed by atoms with Crippen LogP contribution in [0.25, 0.3) is 0 Å². The van der Waals surface area contributed by atoms with Crippen molar-refractivity contribution in [2.45, 2.75) is 31.7 Å². The Morgan fingerprint density at radius 1 is 1.30 bits per heavy atom. The summed E-state index contributed by atoms with van der Waals surface area (Å²) in [6.45, 7) is 4.11. The number of carboxylic acid groups (broad SMARTS) is 1. The summed E-state index contributed by atoms with van der Waals surface area (Å²) < 4.78 is 26.3. The summed E-state index contributed by atoms with van der Waals surface area (Å²) in [6, 6.07) is 3.14. The maximum absolute atomic E-state index is 12.1. The molecule has 0 fully saturated rings. The van der Waals surface area contributed by atoms with Gasteiger partial charge in [-0.15, -0.1) is 0 Å². The smallest absolute Gasteiger partial charge is 0.321 e. The van der Waals surface area contributed by atoms with Gasteiger partial charge in [-0.25, -0.2) is 8.42 Å². The highest BCUT2D eigenvalue weighted by molar-refractivity contribution is 7.89. The van der Waals surface area contributed by atoms with Crippen LogP contribution in [-0.4, -0.2) is 31.4 Å². The monoisotopic (exact) mass is 300 g/mol. The number of carbonyl (C=O) groups excluding carboxylic acids is 1. The van der Waals surface area contributed by atoms with Crippen LogP contribution in [0, 0.1) is 6.92 Å². The van der Waals surface area contributed by atoms with Crippen LogP contribution in [0.4, 0.5) is 5.69 Å². The van der Waals surface area contributed by atoms with E-state index in [9.17, 15) is 18.0 Å². The summed E-state index contributed by atoms with van der Waals surface area (Å²) in [6.07, 6.45) is 0. The number of amides is 1. The highest BCUT2D eigenvalue weighted by Gasteiger charge is 2.23. The SMILES string of the molecule is CC(=O)Nc1ccc(C)c(S(=O)(=O)N[C@H](C)C(=O)O)c1. The van der Waals surface area contributed by atoms with Crippen LogP contribution in [0.5, 0.6) is 0 Å². The molecule has 0 aliphatic rings. The molecule has 0 saturated carbocycles. The molecule has 0 aliphatic carbocycles. The fourth-order valence-electron chi connectivity index (χ4n) is 1.52. The van der Waals surface area contributed by atoms with Crippen LogP contribution in [0.2, 0.25) is 0 Å². The quantitative estimate of drug-likeness (QED) is 0.741. The average molecular weight is 300 g/mol. The number of carbonyl (C=O) groups is 2. The summed E-state index contributed by atoms with van der Waals surface area (Å²) in [5.74, 6) is -1.60. The van der Waals surface area contributed by atoms with Crippen molar-refractivity contribution in [3.63, 3.8) is 0 Å². The third kappa shape index (κ3) is 4.04. The maximum Gasteiger partial charge on any atom is 0.321 e. The van der Waals surface area contributed by atoms with Crippen molar-refractivity contribution in [1.29, 1.82) is 0 Å². The molecule has 0 heterocycles. The van der Waals surface area contributed by atoms with E-state index in [2.05, 4.69) is 10.0 Å².